The van der Waals surface area contributed by atoms with Gasteiger partial charge in [0.05, 0.1) is 14.2 Å². The Hall–Kier alpha value is -3.81. The van der Waals surface area contributed by atoms with E-state index in [4.69, 9.17) is 9.47 Å². The van der Waals surface area contributed by atoms with Crippen molar-refractivity contribution in [3.05, 3.63) is 81.3 Å². The fourth-order valence-electron chi connectivity index (χ4n) is 4.15. The lowest BCUT2D eigenvalue weighted by atomic mass is 10.0. The molecule has 33 heavy (non-hydrogen) atoms. The Morgan fingerprint density at radius 1 is 1.09 bits per heavy atom. The normalized spacial score (nSPS) is 12.8. The Bertz CT molecular complexity index is 1220. The van der Waals surface area contributed by atoms with Gasteiger partial charge in [-0.2, -0.15) is 0 Å². The van der Waals surface area contributed by atoms with Gasteiger partial charge in [-0.05, 0) is 30.5 Å². The minimum absolute atomic E-state index is 0.119. The number of aryl methyl sites for hydroxylation is 1. The van der Waals surface area contributed by atoms with E-state index >= 15 is 0 Å². The Labute approximate surface area is 192 Å². The van der Waals surface area contributed by atoms with Crippen LogP contribution < -0.4 is 25.2 Å². The molecule has 0 radical (unpaired) electrons. The van der Waals surface area contributed by atoms with Gasteiger partial charge >= 0.3 is 0 Å². The number of anilines is 1. The lowest BCUT2D eigenvalue weighted by Gasteiger charge is -2.31. The SMILES string of the molecule is COc1cccc(CNC(=O)Cn2c(N3CCc4ccccc4C3)nc(C)cc2=O)c1OC. The topological polar surface area (TPSA) is 85.7 Å². The summed E-state index contributed by atoms with van der Waals surface area (Å²) in [6.45, 7) is 3.30. The van der Waals surface area contributed by atoms with Gasteiger partial charge in [0.2, 0.25) is 11.9 Å². The molecule has 0 aliphatic carbocycles. The number of aromatic nitrogens is 2. The summed E-state index contributed by atoms with van der Waals surface area (Å²) >= 11 is 0. The first-order chi connectivity index (χ1) is 16.0. The minimum Gasteiger partial charge on any atom is -0.493 e. The Kier molecular flexibility index (Phi) is 6.63. The maximum Gasteiger partial charge on any atom is 0.255 e. The van der Waals surface area contributed by atoms with Crippen LogP contribution in [-0.4, -0.2) is 36.2 Å². The fourth-order valence-corrected chi connectivity index (χ4v) is 4.15. The molecule has 1 aliphatic heterocycles. The molecule has 0 saturated carbocycles. The molecule has 0 spiro atoms. The average molecular weight is 449 g/mol. The minimum atomic E-state index is -0.286. The van der Waals surface area contributed by atoms with Crippen LogP contribution in [-0.2, 0) is 30.8 Å². The van der Waals surface area contributed by atoms with Crippen molar-refractivity contribution < 1.29 is 14.3 Å². The second-order valence-corrected chi connectivity index (χ2v) is 7.99. The molecule has 2 heterocycles. The van der Waals surface area contributed by atoms with E-state index < -0.39 is 0 Å². The summed E-state index contributed by atoms with van der Waals surface area (Å²) in [7, 11) is 3.13. The predicted molar refractivity (Wildman–Crippen MR) is 126 cm³/mol. The maximum absolute atomic E-state index is 12.8. The molecule has 3 aromatic rings. The lowest BCUT2D eigenvalue weighted by Crippen LogP contribution is -2.39. The first kappa shape index (κ1) is 22.4. The summed E-state index contributed by atoms with van der Waals surface area (Å²) in [5, 5.41) is 2.88. The van der Waals surface area contributed by atoms with Gasteiger partial charge in [0.15, 0.2) is 11.5 Å². The van der Waals surface area contributed by atoms with E-state index in [2.05, 4.69) is 27.3 Å². The molecule has 2 aromatic carbocycles. The van der Waals surface area contributed by atoms with E-state index in [-0.39, 0.29) is 24.6 Å². The van der Waals surface area contributed by atoms with E-state index in [1.807, 2.05) is 24.3 Å². The second kappa shape index (κ2) is 9.77. The largest absolute Gasteiger partial charge is 0.493 e. The highest BCUT2D eigenvalue weighted by atomic mass is 16.5. The highest BCUT2D eigenvalue weighted by molar-refractivity contribution is 5.76. The number of hydrogen-bond acceptors (Lipinski definition) is 6. The summed E-state index contributed by atoms with van der Waals surface area (Å²) < 4.78 is 12.2. The van der Waals surface area contributed by atoms with Crippen LogP contribution in [0.5, 0.6) is 11.5 Å². The first-order valence-electron chi connectivity index (χ1n) is 10.9. The monoisotopic (exact) mass is 448 g/mol. The van der Waals surface area contributed by atoms with Crippen molar-refractivity contribution in [2.45, 2.75) is 33.0 Å². The van der Waals surface area contributed by atoms with Gasteiger partial charge in [-0.15, -0.1) is 0 Å². The molecule has 1 N–H and O–H groups in total. The number of rotatable bonds is 7. The number of methoxy groups -OCH3 is 2. The first-order valence-corrected chi connectivity index (χ1v) is 10.9. The van der Waals surface area contributed by atoms with Crippen LogP contribution in [0.3, 0.4) is 0 Å². The standard InChI is InChI=1S/C25H28N4O4/c1-17-13-23(31)29(25(27-17)28-12-11-18-7-4-5-8-20(18)15-28)16-22(30)26-14-19-9-6-10-21(32-2)24(19)33-3/h4-10,13H,11-12,14-16H2,1-3H3,(H,26,30). The molecule has 172 valence electrons. The van der Waals surface area contributed by atoms with Gasteiger partial charge in [-0.25, -0.2) is 4.98 Å². The number of amides is 1. The molecule has 1 aromatic heterocycles. The van der Waals surface area contributed by atoms with Crippen molar-refractivity contribution in [1.29, 1.82) is 0 Å². The third kappa shape index (κ3) is 4.84. The molecule has 4 rings (SSSR count). The molecule has 8 heteroatoms. The van der Waals surface area contributed by atoms with Gasteiger partial charge in [-0.1, -0.05) is 36.4 Å². The van der Waals surface area contributed by atoms with Crippen molar-refractivity contribution in [2.75, 3.05) is 25.7 Å². The summed E-state index contributed by atoms with van der Waals surface area (Å²) in [6, 6.07) is 15.2. The highest BCUT2D eigenvalue weighted by Crippen LogP contribution is 2.30. The summed E-state index contributed by atoms with van der Waals surface area (Å²) in [5.74, 6) is 1.40. The highest BCUT2D eigenvalue weighted by Gasteiger charge is 2.22. The second-order valence-electron chi connectivity index (χ2n) is 7.99. The van der Waals surface area contributed by atoms with Crippen molar-refractivity contribution in [2.24, 2.45) is 0 Å². The average Bonchev–Trinajstić information content (AvgIpc) is 2.83. The van der Waals surface area contributed by atoms with Crippen molar-refractivity contribution >= 4 is 11.9 Å². The fraction of sp³-hybridized carbons (Fsp3) is 0.320. The Morgan fingerprint density at radius 3 is 2.64 bits per heavy atom. The number of carbonyl (C=O) groups excluding carboxylic acids is 1. The molecular formula is C25H28N4O4. The van der Waals surface area contributed by atoms with E-state index in [0.29, 0.717) is 29.7 Å². The number of carbonyl (C=O) groups is 1. The van der Waals surface area contributed by atoms with Gasteiger partial charge in [-0.3, -0.25) is 14.2 Å². The molecule has 0 atom stereocenters. The number of para-hydroxylation sites is 1. The summed E-state index contributed by atoms with van der Waals surface area (Å²) in [5.41, 5.74) is 3.69. The van der Waals surface area contributed by atoms with E-state index in [1.54, 1.807) is 27.2 Å². The van der Waals surface area contributed by atoms with Crippen molar-refractivity contribution in [3.8, 4) is 11.5 Å². The number of hydrogen-bond donors (Lipinski definition) is 1. The number of nitrogens with zero attached hydrogens (tertiary/aromatic N) is 3. The zero-order valence-electron chi connectivity index (χ0n) is 19.1. The zero-order valence-corrected chi connectivity index (χ0v) is 19.1. The van der Waals surface area contributed by atoms with Gasteiger partial charge < -0.3 is 19.7 Å². The smallest absolute Gasteiger partial charge is 0.255 e. The summed E-state index contributed by atoms with van der Waals surface area (Å²) in [6.07, 6.45) is 0.863. The van der Waals surface area contributed by atoms with Crippen molar-refractivity contribution in [1.82, 2.24) is 14.9 Å². The van der Waals surface area contributed by atoms with Gasteiger partial charge in [0.25, 0.3) is 5.56 Å². The quantitative estimate of drug-likeness (QED) is 0.598. The number of benzene rings is 2. The van der Waals surface area contributed by atoms with Crippen LogP contribution in [0.2, 0.25) is 0 Å². The lowest BCUT2D eigenvalue weighted by molar-refractivity contribution is -0.121. The predicted octanol–water partition coefficient (Wildman–Crippen LogP) is 2.45. The summed E-state index contributed by atoms with van der Waals surface area (Å²) in [4.78, 5) is 32.3. The van der Waals surface area contributed by atoms with Gasteiger partial charge in [0.1, 0.15) is 6.54 Å². The molecule has 1 aliphatic rings. The maximum atomic E-state index is 12.8. The van der Waals surface area contributed by atoms with Crippen LogP contribution in [0.1, 0.15) is 22.4 Å². The number of fused-ring (bicyclic) bond motifs is 1. The van der Waals surface area contributed by atoms with E-state index in [1.165, 1.54) is 21.8 Å². The molecule has 0 saturated heterocycles. The van der Waals surface area contributed by atoms with Crippen LogP contribution >= 0.6 is 0 Å². The van der Waals surface area contributed by atoms with Crippen LogP contribution in [0.25, 0.3) is 0 Å². The molecule has 0 unspecified atom stereocenters. The molecule has 0 bridgehead atoms. The Balaban J connectivity index is 1.53. The third-order valence-electron chi connectivity index (χ3n) is 5.79. The van der Waals surface area contributed by atoms with E-state index in [0.717, 1.165) is 18.5 Å². The molecule has 0 fully saturated rings. The molecule has 1 amide bonds. The van der Waals surface area contributed by atoms with Crippen molar-refractivity contribution in [3.63, 3.8) is 0 Å². The van der Waals surface area contributed by atoms with Gasteiger partial charge in [0, 0.05) is 37.0 Å². The number of ether oxygens (including phenoxy) is 2. The van der Waals surface area contributed by atoms with E-state index in [9.17, 15) is 9.59 Å². The van der Waals surface area contributed by atoms with Crippen LogP contribution in [0.4, 0.5) is 5.95 Å². The molecule has 8 nitrogen and oxygen atoms in total. The van der Waals surface area contributed by atoms with Crippen LogP contribution in [0.15, 0.2) is 53.3 Å². The van der Waals surface area contributed by atoms with Crippen LogP contribution in [0, 0.1) is 6.92 Å². The molecular weight excluding hydrogens is 420 g/mol. The third-order valence-corrected chi connectivity index (χ3v) is 5.79. The Morgan fingerprint density at radius 2 is 1.88 bits per heavy atom. The zero-order chi connectivity index (χ0) is 23.4. The number of nitrogens with one attached hydrogen (secondary N) is 1.